The number of rotatable bonds is 6. The molecule has 3 heteroatoms. The molecular weight excluding hydrogens is 296 g/mol. The summed E-state index contributed by atoms with van der Waals surface area (Å²) in [5, 5.41) is 3.53. The van der Waals surface area contributed by atoms with Gasteiger partial charge >= 0.3 is 0 Å². The SMILES string of the molecule is C[C@@H](N[C@H](CC12CC3CC(CC(C3)C1)C2)C(N)=O)c1ccccc1. The van der Waals surface area contributed by atoms with Crippen LogP contribution in [0.2, 0.25) is 0 Å². The van der Waals surface area contributed by atoms with Gasteiger partial charge in [0.15, 0.2) is 0 Å². The minimum absolute atomic E-state index is 0.151. The molecule has 5 rings (SSSR count). The summed E-state index contributed by atoms with van der Waals surface area (Å²) in [7, 11) is 0. The Morgan fingerprint density at radius 2 is 1.67 bits per heavy atom. The minimum Gasteiger partial charge on any atom is -0.368 e. The number of primary amides is 1. The molecule has 24 heavy (non-hydrogen) atoms. The van der Waals surface area contributed by atoms with Crippen molar-refractivity contribution in [1.29, 1.82) is 0 Å². The lowest BCUT2D eigenvalue weighted by Crippen LogP contribution is -2.52. The summed E-state index contributed by atoms with van der Waals surface area (Å²) in [6, 6.07) is 10.3. The molecule has 1 aromatic carbocycles. The molecule has 1 aromatic rings. The van der Waals surface area contributed by atoms with Gasteiger partial charge in [0.05, 0.1) is 6.04 Å². The van der Waals surface area contributed by atoms with Gasteiger partial charge in [-0.3, -0.25) is 10.1 Å². The molecule has 3 N–H and O–H groups in total. The Morgan fingerprint density at radius 1 is 1.12 bits per heavy atom. The van der Waals surface area contributed by atoms with E-state index in [-0.39, 0.29) is 18.0 Å². The summed E-state index contributed by atoms with van der Waals surface area (Å²) >= 11 is 0. The number of nitrogens with one attached hydrogen (secondary N) is 1. The Bertz CT molecular complexity index is 562. The first kappa shape index (κ1) is 16.1. The summed E-state index contributed by atoms with van der Waals surface area (Å²) in [4.78, 5) is 12.2. The number of benzene rings is 1. The number of carbonyl (C=O) groups is 1. The van der Waals surface area contributed by atoms with E-state index in [1.165, 1.54) is 44.1 Å². The maximum atomic E-state index is 12.2. The van der Waals surface area contributed by atoms with Gasteiger partial charge in [0.2, 0.25) is 5.91 Å². The molecule has 0 aromatic heterocycles. The maximum absolute atomic E-state index is 12.2. The zero-order chi connectivity index (χ0) is 16.7. The third-order valence-electron chi connectivity index (χ3n) is 6.90. The highest BCUT2D eigenvalue weighted by Crippen LogP contribution is 2.61. The van der Waals surface area contributed by atoms with Gasteiger partial charge in [-0.15, -0.1) is 0 Å². The van der Waals surface area contributed by atoms with Crippen molar-refractivity contribution in [2.45, 2.75) is 64.0 Å². The first-order valence-electron chi connectivity index (χ1n) is 9.63. The van der Waals surface area contributed by atoms with E-state index in [0.717, 1.165) is 24.2 Å². The first-order valence-corrected chi connectivity index (χ1v) is 9.63. The molecule has 0 saturated heterocycles. The lowest BCUT2D eigenvalue weighted by atomic mass is 9.48. The van der Waals surface area contributed by atoms with E-state index in [0.29, 0.717) is 5.41 Å². The molecule has 0 unspecified atom stereocenters. The molecule has 0 aliphatic heterocycles. The van der Waals surface area contributed by atoms with Crippen molar-refractivity contribution in [2.24, 2.45) is 28.9 Å². The van der Waals surface area contributed by atoms with Crippen molar-refractivity contribution in [2.75, 3.05) is 0 Å². The van der Waals surface area contributed by atoms with Crippen LogP contribution in [0.25, 0.3) is 0 Å². The molecule has 3 nitrogen and oxygen atoms in total. The van der Waals surface area contributed by atoms with Crippen LogP contribution >= 0.6 is 0 Å². The van der Waals surface area contributed by atoms with Gasteiger partial charge < -0.3 is 5.73 Å². The Kier molecular flexibility index (Phi) is 4.16. The number of hydrogen-bond acceptors (Lipinski definition) is 2. The average Bonchev–Trinajstić information content (AvgIpc) is 2.53. The second-order valence-electron chi connectivity index (χ2n) is 8.88. The first-order chi connectivity index (χ1) is 11.5. The third kappa shape index (κ3) is 3.11. The Balaban J connectivity index is 1.47. The Hall–Kier alpha value is -1.35. The lowest BCUT2D eigenvalue weighted by Gasteiger charge is -2.57. The summed E-state index contributed by atoms with van der Waals surface area (Å²) < 4.78 is 0. The van der Waals surface area contributed by atoms with Crippen molar-refractivity contribution in [3.05, 3.63) is 35.9 Å². The topological polar surface area (TPSA) is 55.1 Å². The van der Waals surface area contributed by atoms with Crippen LogP contribution in [-0.2, 0) is 4.79 Å². The maximum Gasteiger partial charge on any atom is 0.234 e. The van der Waals surface area contributed by atoms with E-state index < -0.39 is 0 Å². The van der Waals surface area contributed by atoms with Gasteiger partial charge in [-0.1, -0.05) is 30.3 Å². The second kappa shape index (κ2) is 6.18. The quantitative estimate of drug-likeness (QED) is 0.835. The third-order valence-corrected chi connectivity index (χ3v) is 6.90. The van der Waals surface area contributed by atoms with Crippen LogP contribution in [0.1, 0.15) is 63.5 Å². The molecule has 4 bridgehead atoms. The van der Waals surface area contributed by atoms with Crippen LogP contribution in [0.5, 0.6) is 0 Å². The largest absolute Gasteiger partial charge is 0.368 e. The summed E-state index contributed by atoms with van der Waals surface area (Å²) in [6.07, 6.45) is 9.22. The van der Waals surface area contributed by atoms with Crippen molar-refractivity contribution in [1.82, 2.24) is 5.32 Å². The predicted octanol–water partition coefficient (Wildman–Crippen LogP) is 3.80. The van der Waals surface area contributed by atoms with Crippen LogP contribution in [0, 0.1) is 23.2 Å². The summed E-state index contributed by atoms with van der Waals surface area (Å²) in [5.41, 5.74) is 7.38. The number of hydrogen-bond donors (Lipinski definition) is 2. The molecule has 4 saturated carbocycles. The zero-order valence-corrected chi connectivity index (χ0v) is 14.7. The van der Waals surface area contributed by atoms with Gasteiger partial charge in [0.25, 0.3) is 0 Å². The standard InChI is InChI=1S/C21H30N2O/c1-14(18-5-3-2-4-6-18)23-19(20(22)24)13-21-10-15-7-16(11-21)9-17(8-15)12-21/h2-6,14-17,19,23H,7-13H2,1H3,(H2,22,24)/t14-,15?,16?,17?,19-,21?/m1/s1. The van der Waals surface area contributed by atoms with Crippen molar-refractivity contribution >= 4 is 5.91 Å². The van der Waals surface area contributed by atoms with Crippen LogP contribution < -0.4 is 11.1 Å². The van der Waals surface area contributed by atoms with E-state index in [1.54, 1.807) is 0 Å². The smallest absolute Gasteiger partial charge is 0.234 e. The number of nitrogens with two attached hydrogens (primary N) is 1. The molecular formula is C21H30N2O. The molecule has 4 aliphatic rings. The molecule has 0 spiro atoms. The molecule has 0 radical (unpaired) electrons. The summed E-state index contributed by atoms with van der Waals surface area (Å²) in [6.45, 7) is 2.13. The fraction of sp³-hybridized carbons (Fsp3) is 0.667. The van der Waals surface area contributed by atoms with Gasteiger partial charge in [-0.05, 0) is 80.6 Å². The van der Waals surface area contributed by atoms with E-state index in [9.17, 15) is 4.79 Å². The molecule has 2 atom stereocenters. The van der Waals surface area contributed by atoms with Crippen molar-refractivity contribution in [3.63, 3.8) is 0 Å². The Morgan fingerprint density at radius 3 is 2.17 bits per heavy atom. The monoisotopic (exact) mass is 326 g/mol. The molecule has 0 heterocycles. The van der Waals surface area contributed by atoms with Gasteiger partial charge in [-0.2, -0.15) is 0 Å². The molecule has 4 fully saturated rings. The van der Waals surface area contributed by atoms with Crippen molar-refractivity contribution < 1.29 is 4.79 Å². The molecule has 1 amide bonds. The van der Waals surface area contributed by atoms with E-state index in [1.807, 2.05) is 18.2 Å². The highest BCUT2D eigenvalue weighted by atomic mass is 16.1. The highest BCUT2D eigenvalue weighted by Gasteiger charge is 2.51. The van der Waals surface area contributed by atoms with E-state index in [4.69, 9.17) is 5.73 Å². The zero-order valence-electron chi connectivity index (χ0n) is 14.7. The lowest BCUT2D eigenvalue weighted by molar-refractivity contribution is -0.123. The number of amides is 1. The normalized spacial score (nSPS) is 36.5. The second-order valence-corrected chi connectivity index (χ2v) is 8.88. The van der Waals surface area contributed by atoms with Gasteiger partial charge in [0, 0.05) is 6.04 Å². The van der Waals surface area contributed by atoms with Crippen LogP contribution in [0.3, 0.4) is 0 Å². The van der Waals surface area contributed by atoms with E-state index >= 15 is 0 Å². The summed E-state index contributed by atoms with van der Waals surface area (Å²) in [5.74, 6) is 2.55. The van der Waals surface area contributed by atoms with Crippen LogP contribution in [-0.4, -0.2) is 11.9 Å². The van der Waals surface area contributed by atoms with Crippen LogP contribution in [0.4, 0.5) is 0 Å². The van der Waals surface area contributed by atoms with Gasteiger partial charge in [0.1, 0.15) is 0 Å². The minimum atomic E-state index is -0.212. The molecule has 130 valence electrons. The fourth-order valence-corrected chi connectivity index (χ4v) is 6.35. The molecule has 4 aliphatic carbocycles. The van der Waals surface area contributed by atoms with Crippen LogP contribution in [0.15, 0.2) is 30.3 Å². The van der Waals surface area contributed by atoms with E-state index in [2.05, 4.69) is 24.4 Å². The highest BCUT2D eigenvalue weighted by molar-refractivity contribution is 5.80. The average molecular weight is 326 g/mol. The Labute approximate surface area is 145 Å². The fourth-order valence-electron chi connectivity index (χ4n) is 6.35. The van der Waals surface area contributed by atoms with Gasteiger partial charge in [-0.25, -0.2) is 0 Å². The van der Waals surface area contributed by atoms with Crippen molar-refractivity contribution in [3.8, 4) is 0 Å². The number of carbonyl (C=O) groups excluding carboxylic acids is 1. The predicted molar refractivity (Wildman–Crippen MR) is 96.2 cm³/mol.